The third-order valence-electron chi connectivity index (χ3n) is 3.70. The smallest absolute Gasteiger partial charge is 0.255 e. The Morgan fingerprint density at radius 1 is 1.52 bits per heavy atom. The number of para-hydroxylation sites is 1. The van der Waals surface area contributed by atoms with Crippen molar-refractivity contribution in [3.05, 3.63) is 36.4 Å². The maximum Gasteiger partial charge on any atom is 0.255 e. The molecule has 0 saturated carbocycles. The summed E-state index contributed by atoms with van der Waals surface area (Å²) in [6, 6.07) is 5.92. The quantitative estimate of drug-likeness (QED) is 0.597. The van der Waals surface area contributed by atoms with E-state index in [0.717, 1.165) is 36.3 Å². The molecule has 1 heterocycles. The van der Waals surface area contributed by atoms with E-state index in [1.165, 1.54) is 0 Å². The second kappa shape index (κ2) is 7.27. The van der Waals surface area contributed by atoms with E-state index in [9.17, 15) is 4.79 Å². The van der Waals surface area contributed by atoms with Gasteiger partial charge in [-0.25, -0.2) is 0 Å². The number of carbonyl (C=O) groups is 1. The van der Waals surface area contributed by atoms with Crippen LogP contribution in [-0.2, 0) is 16.0 Å². The Morgan fingerprint density at radius 3 is 3.05 bits per heavy atom. The second-order valence-electron chi connectivity index (χ2n) is 5.15. The highest BCUT2D eigenvalue weighted by atomic mass is 16.5. The van der Waals surface area contributed by atoms with Crippen molar-refractivity contribution in [2.75, 3.05) is 25.2 Å². The number of aryl methyl sites for hydroxylation is 1. The average molecular weight is 289 g/mol. The van der Waals surface area contributed by atoms with Gasteiger partial charge in [0.15, 0.2) is 0 Å². The molecule has 0 saturated heterocycles. The van der Waals surface area contributed by atoms with Gasteiger partial charge in [-0.1, -0.05) is 18.2 Å². The highest BCUT2D eigenvalue weighted by Gasteiger charge is 2.29. The van der Waals surface area contributed by atoms with Crippen LogP contribution in [0.25, 0.3) is 0 Å². The number of ether oxygens (including phenoxy) is 2. The molecule has 0 N–H and O–H groups in total. The Bertz CT molecular complexity index is 499. The van der Waals surface area contributed by atoms with Crippen molar-refractivity contribution in [3.8, 4) is 5.75 Å². The first-order valence-corrected chi connectivity index (χ1v) is 7.38. The number of hydrogen-bond donors (Lipinski definition) is 0. The SMILES string of the molecule is C=CCCOC(C)C(=O)N1CCCc2cccc(OC)c21. The maximum absolute atomic E-state index is 12.6. The molecule has 1 unspecified atom stereocenters. The van der Waals surface area contributed by atoms with Crippen molar-refractivity contribution >= 4 is 11.6 Å². The van der Waals surface area contributed by atoms with E-state index in [1.807, 2.05) is 12.1 Å². The van der Waals surface area contributed by atoms with Crippen LogP contribution in [0.3, 0.4) is 0 Å². The highest BCUT2D eigenvalue weighted by Crippen LogP contribution is 2.36. The van der Waals surface area contributed by atoms with Crippen molar-refractivity contribution in [1.82, 2.24) is 0 Å². The van der Waals surface area contributed by atoms with Crippen LogP contribution in [0.2, 0.25) is 0 Å². The standard InChI is InChI=1S/C17H23NO3/c1-4-5-12-21-13(2)17(19)18-11-7-9-14-8-6-10-15(20-3)16(14)18/h4,6,8,10,13H,1,5,7,9,11-12H2,2-3H3. The van der Waals surface area contributed by atoms with E-state index >= 15 is 0 Å². The van der Waals surface area contributed by atoms with Crippen LogP contribution in [0.5, 0.6) is 5.75 Å². The summed E-state index contributed by atoms with van der Waals surface area (Å²) in [4.78, 5) is 14.4. The van der Waals surface area contributed by atoms with Gasteiger partial charge in [0.05, 0.1) is 19.4 Å². The van der Waals surface area contributed by atoms with E-state index < -0.39 is 6.10 Å². The third kappa shape index (κ3) is 3.45. The molecular formula is C17H23NO3. The number of rotatable bonds is 6. The normalized spacial score (nSPS) is 15.2. The summed E-state index contributed by atoms with van der Waals surface area (Å²) in [5.74, 6) is 0.739. The summed E-state index contributed by atoms with van der Waals surface area (Å²) in [5, 5.41) is 0. The summed E-state index contributed by atoms with van der Waals surface area (Å²) in [6.07, 6.45) is 4.02. The summed E-state index contributed by atoms with van der Waals surface area (Å²) in [6.45, 7) is 6.68. The molecule has 4 heteroatoms. The minimum Gasteiger partial charge on any atom is -0.495 e. The lowest BCUT2D eigenvalue weighted by molar-refractivity contribution is -0.129. The predicted molar refractivity (Wildman–Crippen MR) is 83.9 cm³/mol. The van der Waals surface area contributed by atoms with E-state index in [2.05, 4.69) is 12.6 Å². The predicted octanol–water partition coefficient (Wildman–Crippen LogP) is 2.96. The lowest BCUT2D eigenvalue weighted by atomic mass is 10.0. The molecule has 0 aliphatic carbocycles. The van der Waals surface area contributed by atoms with E-state index in [4.69, 9.17) is 9.47 Å². The molecule has 1 aromatic rings. The summed E-state index contributed by atoms with van der Waals surface area (Å²) in [7, 11) is 1.64. The molecule has 114 valence electrons. The number of fused-ring (bicyclic) bond motifs is 1. The van der Waals surface area contributed by atoms with Crippen molar-refractivity contribution < 1.29 is 14.3 Å². The van der Waals surface area contributed by atoms with Gasteiger partial charge in [0.2, 0.25) is 0 Å². The van der Waals surface area contributed by atoms with Gasteiger partial charge >= 0.3 is 0 Å². The highest BCUT2D eigenvalue weighted by molar-refractivity contribution is 5.98. The molecule has 0 radical (unpaired) electrons. The number of nitrogens with zero attached hydrogens (tertiary/aromatic N) is 1. The molecule has 0 spiro atoms. The number of methoxy groups -OCH3 is 1. The van der Waals surface area contributed by atoms with Crippen molar-refractivity contribution in [2.24, 2.45) is 0 Å². The minimum absolute atomic E-state index is 0.00971. The first-order valence-electron chi connectivity index (χ1n) is 7.38. The fourth-order valence-electron chi connectivity index (χ4n) is 2.62. The molecular weight excluding hydrogens is 266 g/mol. The van der Waals surface area contributed by atoms with Gasteiger partial charge < -0.3 is 14.4 Å². The first kappa shape index (κ1) is 15.6. The molecule has 4 nitrogen and oxygen atoms in total. The molecule has 1 atom stereocenters. The van der Waals surface area contributed by atoms with Crippen molar-refractivity contribution in [2.45, 2.75) is 32.3 Å². The summed E-state index contributed by atoms with van der Waals surface area (Å²) < 4.78 is 11.0. The van der Waals surface area contributed by atoms with Crippen LogP contribution >= 0.6 is 0 Å². The van der Waals surface area contributed by atoms with E-state index in [-0.39, 0.29) is 5.91 Å². The Morgan fingerprint density at radius 2 is 2.33 bits per heavy atom. The Labute approximate surface area is 126 Å². The fraction of sp³-hybridized carbons (Fsp3) is 0.471. The zero-order valence-electron chi connectivity index (χ0n) is 12.8. The van der Waals surface area contributed by atoms with Gasteiger partial charge in [-0.15, -0.1) is 6.58 Å². The fourth-order valence-corrected chi connectivity index (χ4v) is 2.62. The van der Waals surface area contributed by atoms with E-state index in [0.29, 0.717) is 13.2 Å². The number of anilines is 1. The van der Waals surface area contributed by atoms with Gasteiger partial charge in [-0.3, -0.25) is 4.79 Å². The Balaban J connectivity index is 2.18. The average Bonchev–Trinajstić information content (AvgIpc) is 2.53. The lowest BCUT2D eigenvalue weighted by Gasteiger charge is -2.32. The number of benzene rings is 1. The third-order valence-corrected chi connectivity index (χ3v) is 3.70. The van der Waals surface area contributed by atoms with Crippen LogP contribution in [0.4, 0.5) is 5.69 Å². The van der Waals surface area contributed by atoms with Gasteiger partial charge in [0, 0.05) is 6.54 Å². The summed E-state index contributed by atoms with van der Waals surface area (Å²) >= 11 is 0. The van der Waals surface area contributed by atoms with Crippen LogP contribution in [0.1, 0.15) is 25.3 Å². The number of amides is 1. The summed E-state index contributed by atoms with van der Waals surface area (Å²) in [5.41, 5.74) is 2.06. The Kier molecular flexibility index (Phi) is 5.39. The topological polar surface area (TPSA) is 38.8 Å². The van der Waals surface area contributed by atoms with Crippen LogP contribution in [0, 0.1) is 0 Å². The molecule has 0 aromatic heterocycles. The molecule has 1 amide bonds. The molecule has 0 fully saturated rings. The van der Waals surface area contributed by atoms with Crippen LogP contribution in [-0.4, -0.2) is 32.3 Å². The van der Waals surface area contributed by atoms with Gasteiger partial charge in [0.25, 0.3) is 5.91 Å². The number of carbonyl (C=O) groups excluding carboxylic acids is 1. The maximum atomic E-state index is 12.6. The molecule has 1 aromatic carbocycles. The van der Waals surface area contributed by atoms with Crippen molar-refractivity contribution in [1.29, 1.82) is 0 Å². The zero-order valence-corrected chi connectivity index (χ0v) is 12.8. The van der Waals surface area contributed by atoms with E-state index in [1.54, 1.807) is 25.0 Å². The van der Waals surface area contributed by atoms with Crippen LogP contribution in [0.15, 0.2) is 30.9 Å². The molecule has 2 rings (SSSR count). The molecule has 1 aliphatic rings. The zero-order chi connectivity index (χ0) is 15.2. The minimum atomic E-state index is -0.458. The number of hydrogen-bond acceptors (Lipinski definition) is 3. The van der Waals surface area contributed by atoms with Gasteiger partial charge in [0.1, 0.15) is 11.9 Å². The molecule has 21 heavy (non-hydrogen) atoms. The monoisotopic (exact) mass is 289 g/mol. The van der Waals surface area contributed by atoms with Gasteiger partial charge in [-0.2, -0.15) is 0 Å². The Hall–Kier alpha value is -1.81. The first-order chi connectivity index (χ1) is 10.2. The lowest BCUT2D eigenvalue weighted by Crippen LogP contribution is -2.42. The molecule has 0 bridgehead atoms. The van der Waals surface area contributed by atoms with Crippen molar-refractivity contribution in [3.63, 3.8) is 0 Å². The van der Waals surface area contributed by atoms with Crippen LogP contribution < -0.4 is 9.64 Å². The second-order valence-corrected chi connectivity index (χ2v) is 5.15. The largest absolute Gasteiger partial charge is 0.495 e. The van der Waals surface area contributed by atoms with Gasteiger partial charge in [-0.05, 0) is 37.8 Å². The molecule has 1 aliphatic heterocycles.